The smallest absolute Gasteiger partial charge is 0.292 e. The summed E-state index contributed by atoms with van der Waals surface area (Å²) in [6.07, 6.45) is 0. The van der Waals surface area contributed by atoms with E-state index in [1.54, 1.807) is 9.80 Å². The lowest BCUT2D eigenvalue weighted by Crippen LogP contribution is -2.47. The second kappa shape index (κ2) is 6.51. The molecule has 0 aromatic heterocycles. The van der Waals surface area contributed by atoms with Crippen LogP contribution in [0.2, 0.25) is 0 Å². The van der Waals surface area contributed by atoms with Gasteiger partial charge in [0.15, 0.2) is 0 Å². The first kappa shape index (κ1) is 16.1. The maximum atomic E-state index is 12.8. The third-order valence-corrected chi connectivity index (χ3v) is 4.62. The number of imide groups is 2. The van der Waals surface area contributed by atoms with Gasteiger partial charge in [0.2, 0.25) is 0 Å². The molecule has 0 saturated carbocycles. The number of amides is 6. The third-order valence-electron chi connectivity index (χ3n) is 4.62. The van der Waals surface area contributed by atoms with Crippen molar-refractivity contribution < 1.29 is 14.4 Å². The minimum absolute atomic E-state index is 0.266. The number of para-hydroxylation sites is 2. The van der Waals surface area contributed by atoms with Crippen LogP contribution in [0.1, 0.15) is 0 Å². The van der Waals surface area contributed by atoms with Crippen LogP contribution in [0.4, 0.5) is 25.8 Å². The predicted molar refractivity (Wildman–Crippen MR) is 97.2 cm³/mol. The fraction of sp³-hybridized carbons (Fsp3) is 0.211. The maximum Gasteiger partial charge on any atom is 0.336 e. The van der Waals surface area contributed by atoms with Crippen molar-refractivity contribution in [1.82, 2.24) is 9.80 Å². The van der Waals surface area contributed by atoms with E-state index in [-0.39, 0.29) is 13.1 Å². The Morgan fingerprint density at radius 3 is 1.38 bits per heavy atom. The van der Waals surface area contributed by atoms with Crippen molar-refractivity contribution in [3.63, 3.8) is 0 Å². The first-order chi connectivity index (χ1) is 12.7. The Morgan fingerprint density at radius 1 is 0.615 bits per heavy atom. The number of carbonyl (C=O) groups excluding carboxylic acids is 3. The van der Waals surface area contributed by atoms with Crippen molar-refractivity contribution in [2.45, 2.75) is 0 Å². The van der Waals surface area contributed by atoms with Gasteiger partial charge in [-0.1, -0.05) is 36.4 Å². The molecule has 2 heterocycles. The molecular weight excluding hydrogens is 332 g/mol. The number of benzene rings is 2. The van der Waals surface area contributed by atoms with Gasteiger partial charge in [-0.15, -0.1) is 0 Å². The molecule has 2 aliphatic rings. The fourth-order valence-corrected chi connectivity index (χ4v) is 3.27. The lowest BCUT2D eigenvalue weighted by atomic mass is 10.3. The molecule has 26 heavy (non-hydrogen) atoms. The van der Waals surface area contributed by atoms with E-state index in [2.05, 4.69) is 0 Å². The molecule has 0 unspecified atom stereocenters. The molecule has 2 aliphatic heterocycles. The molecule has 2 aromatic rings. The highest BCUT2D eigenvalue weighted by atomic mass is 16.2. The Bertz CT molecular complexity index is 771. The number of rotatable bonds is 2. The zero-order valence-electron chi connectivity index (χ0n) is 14.1. The molecule has 2 aromatic carbocycles. The molecule has 2 saturated heterocycles. The topological polar surface area (TPSA) is 64.2 Å². The molecule has 132 valence electrons. The first-order valence-corrected chi connectivity index (χ1v) is 8.49. The van der Waals surface area contributed by atoms with Crippen LogP contribution in [0.3, 0.4) is 0 Å². The van der Waals surface area contributed by atoms with E-state index in [0.29, 0.717) is 13.1 Å². The molecule has 6 amide bonds. The number of carbonyl (C=O) groups is 3. The van der Waals surface area contributed by atoms with Gasteiger partial charge in [-0.25, -0.2) is 24.2 Å². The van der Waals surface area contributed by atoms with Gasteiger partial charge >= 0.3 is 18.1 Å². The molecule has 0 spiro atoms. The van der Waals surface area contributed by atoms with Crippen molar-refractivity contribution in [2.75, 3.05) is 36.0 Å². The summed E-state index contributed by atoms with van der Waals surface area (Å²) < 4.78 is 0. The van der Waals surface area contributed by atoms with Crippen LogP contribution in [-0.2, 0) is 0 Å². The average molecular weight is 350 g/mol. The first-order valence-electron chi connectivity index (χ1n) is 8.49. The monoisotopic (exact) mass is 350 g/mol. The van der Waals surface area contributed by atoms with Crippen LogP contribution < -0.4 is 9.80 Å². The summed E-state index contributed by atoms with van der Waals surface area (Å²) in [5.41, 5.74) is 1.48. The minimum atomic E-state index is -0.558. The number of hydrogen-bond donors (Lipinski definition) is 0. The van der Waals surface area contributed by atoms with Crippen LogP contribution in [0.5, 0.6) is 0 Å². The molecule has 0 aliphatic carbocycles. The summed E-state index contributed by atoms with van der Waals surface area (Å²) in [6.45, 7) is 1.36. The van der Waals surface area contributed by atoms with Crippen molar-refractivity contribution in [3.05, 3.63) is 60.7 Å². The van der Waals surface area contributed by atoms with Crippen molar-refractivity contribution >= 4 is 29.5 Å². The number of nitrogens with zero attached hydrogens (tertiary/aromatic N) is 4. The molecule has 7 nitrogen and oxygen atoms in total. The van der Waals surface area contributed by atoms with Crippen LogP contribution in [0.25, 0.3) is 0 Å². The summed E-state index contributed by atoms with van der Waals surface area (Å²) >= 11 is 0. The van der Waals surface area contributed by atoms with Gasteiger partial charge in [0.05, 0.1) is 13.1 Å². The fourth-order valence-electron chi connectivity index (χ4n) is 3.27. The van der Waals surface area contributed by atoms with Gasteiger partial charge in [-0.05, 0) is 24.3 Å². The summed E-state index contributed by atoms with van der Waals surface area (Å²) in [7, 11) is 0. The molecule has 2 fully saturated rings. The summed E-state index contributed by atoms with van der Waals surface area (Å²) in [4.78, 5) is 43.4. The van der Waals surface area contributed by atoms with Gasteiger partial charge in [0.1, 0.15) is 0 Å². The standard InChI is InChI=1S/C19H18N4O3/c24-17-20(15-7-3-1-4-8-15)11-13-22(17)19(26)23-14-12-21(18(23)25)16-9-5-2-6-10-16/h1-10H,11-14H2. The average Bonchev–Trinajstić information content (AvgIpc) is 3.25. The van der Waals surface area contributed by atoms with E-state index in [4.69, 9.17) is 0 Å². The van der Waals surface area contributed by atoms with E-state index in [1.165, 1.54) is 0 Å². The SMILES string of the molecule is O=C(N1CCN(c2ccccc2)C1=O)N1CCN(c2ccccc2)C1=O. The van der Waals surface area contributed by atoms with E-state index in [1.807, 2.05) is 60.7 Å². The van der Waals surface area contributed by atoms with E-state index in [9.17, 15) is 14.4 Å². The second-order valence-electron chi connectivity index (χ2n) is 6.13. The second-order valence-corrected chi connectivity index (χ2v) is 6.13. The van der Waals surface area contributed by atoms with Gasteiger partial charge < -0.3 is 0 Å². The normalized spacial score (nSPS) is 17.4. The Balaban J connectivity index is 1.49. The number of urea groups is 3. The Morgan fingerprint density at radius 2 is 1.00 bits per heavy atom. The summed E-state index contributed by atoms with van der Waals surface area (Å²) in [6, 6.07) is 17.0. The lowest BCUT2D eigenvalue weighted by molar-refractivity contribution is 0.173. The largest absolute Gasteiger partial charge is 0.336 e. The number of hydrogen-bond acceptors (Lipinski definition) is 3. The highest BCUT2D eigenvalue weighted by molar-refractivity contribution is 6.11. The van der Waals surface area contributed by atoms with Gasteiger partial charge in [0, 0.05) is 24.5 Å². The Hall–Kier alpha value is -3.35. The van der Waals surface area contributed by atoms with Gasteiger partial charge in [0.25, 0.3) is 0 Å². The lowest BCUT2D eigenvalue weighted by Gasteiger charge is -2.22. The quantitative estimate of drug-likeness (QED) is 0.836. The highest BCUT2D eigenvalue weighted by Gasteiger charge is 2.42. The van der Waals surface area contributed by atoms with Crippen molar-refractivity contribution in [2.24, 2.45) is 0 Å². The van der Waals surface area contributed by atoms with E-state index >= 15 is 0 Å². The molecule has 0 atom stereocenters. The van der Waals surface area contributed by atoms with E-state index < -0.39 is 18.1 Å². The summed E-state index contributed by atoms with van der Waals surface area (Å²) in [5, 5.41) is 0. The molecule has 0 N–H and O–H groups in total. The third kappa shape index (κ3) is 2.67. The molecular formula is C19H18N4O3. The van der Waals surface area contributed by atoms with Crippen molar-refractivity contribution in [1.29, 1.82) is 0 Å². The predicted octanol–water partition coefficient (Wildman–Crippen LogP) is 2.99. The van der Waals surface area contributed by atoms with Crippen LogP contribution in [0.15, 0.2) is 60.7 Å². The number of anilines is 2. The molecule has 0 radical (unpaired) electrons. The maximum absolute atomic E-state index is 12.8. The minimum Gasteiger partial charge on any atom is -0.292 e. The van der Waals surface area contributed by atoms with Crippen LogP contribution in [-0.4, -0.2) is 54.1 Å². The van der Waals surface area contributed by atoms with Crippen LogP contribution in [0, 0.1) is 0 Å². The highest BCUT2D eigenvalue weighted by Crippen LogP contribution is 2.24. The summed E-state index contributed by atoms with van der Waals surface area (Å²) in [5.74, 6) is 0. The van der Waals surface area contributed by atoms with E-state index in [0.717, 1.165) is 21.2 Å². The van der Waals surface area contributed by atoms with Crippen molar-refractivity contribution in [3.8, 4) is 0 Å². The molecule has 0 bridgehead atoms. The van der Waals surface area contributed by atoms with Gasteiger partial charge in [-0.3, -0.25) is 9.80 Å². The van der Waals surface area contributed by atoms with Gasteiger partial charge in [-0.2, -0.15) is 0 Å². The molecule has 7 heteroatoms. The molecule has 4 rings (SSSR count). The zero-order valence-corrected chi connectivity index (χ0v) is 14.1. The Kier molecular flexibility index (Phi) is 4.04. The van der Waals surface area contributed by atoms with Crippen LogP contribution >= 0.6 is 0 Å². The Labute approximate surface area is 151 Å². The zero-order chi connectivity index (χ0) is 18.1.